The molecular formula is C16H17N3S. The Morgan fingerprint density at radius 2 is 2.00 bits per heavy atom. The maximum atomic E-state index is 4.17. The van der Waals surface area contributed by atoms with Crippen LogP contribution >= 0.6 is 11.3 Å². The van der Waals surface area contributed by atoms with Crippen LogP contribution in [0.3, 0.4) is 0 Å². The number of benzene rings is 1. The molecule has 0 radical (unpaired) electrons. The fourth-order valence-corrected chi connectivity index (χ4v) is 3.11. The lowest BCUT2D eigenvalue weighted by Gasteiger charge is -2.08. The molecule has 20 heavy (non-hydrogen) atoms. The molecule has 0 bridgehead atoms. The van der Waals surface area contributed by atoms with Crippen LogP contribution in [0.25, 0.3) is 10.6 Å². The Bertz CT molecular complexity index is 678. The molecule has 0 amide bonds. The average Bonchev–Trinajstić information content (AvgIpc) is 3.06. The molecule has 3 aromatic rings. The van der Waals surface area contributed by atoms with Crippen molar-refractivity contribution in [1.29, 1.82) is 0 Å². The van der Waals surface area contributed by atoms with Crippen LogP contribution in [0.1, 0.15) is 16.7 Å². The van der Waals surface area contributed by atoms with Gasteiger partial charge in [0.15, 0.2) is 0 Å². The van der Waals surface area contributed by atoms with Crippen LogP contribution in [0.15, 0.2) is 41.9 Å². The number of hydrogen-bond acceptors (Lipinski definition) is 3. The Hall–Kier alpha value is -2.07. The molecule has 3 rings (SSSR count). The predicted molar refractivity (Wildman–Crippen MR) is 85.1 cm³/mol. The number of nitrogens with zero attached hydrogens (tertiary/aromatic N) is 1. The van der Waals surface area contributed by atoms with Gasteiger partial charge in [0.2, 0.25) is 0 Å². The lowest BCUT2D eigenvalue weighted by atomic mass is 10.1. The van der Waals surface area contributed by atoms with E-state index in [0.29, 0.717) is 0 Å². The molecule has 0 aliphatic rings. The molecule has 0 aliphatic carbocycles. The highest BCUT2D eigenvalue weighted by Gasteiger charge is 2.08. The monoisotopic (exact) mass is 283 g/mol. The fraction of sp³-hybridized carbons (Fsp3) is 0.188. The largest absolute Gasteiger partial charge is 0.381 e. The van der Waals surface area contributed by atoms with Crippen LogP contribution < -0.4 is 5.32 Å². The highest BCUT2D eigenvalue weighted by Crippen LogP contribution is 2.26. The summed E-state index contributed by atoms with van der Waals surface area (Å²) in [6.45, 7) is 5.01. The predicted octanol–water partition coefficient (Wildman–Crippen LogP) is 4.37. The number of anilines is 1. The van der Waals surface area contributed by atoms with Crippen LogP contribution in [0.2, 0.25) is 0 Å². The molecule has 0 saturated heterocycles. The molecule has 4 heteroatoms. The first-order valence-corrected chi connectivity index (χ1v) is 7.48. The summed E-state index contributed by atoms with van der Waals surface area (Å²) >= 11 is 1.72. The van der Waals surface area contributed by atoms with Crippen molar-refractivity contribution < 1.29 is 0 Å². The zero-order chi connectivity index (χ0) is 13.9. The quantitative estimate of drug-likeness (QED) is 0.746. The van der Waals surface area contributed by atoms with Gasteiger partial charge in [-0.3, -0.25) is 5.10 Å². The molecule has 0 unspecified atom stereocenters. The highest BCUT2D eigenvalue weighted by atomic mass is 32.1. The number of nitrogens with one attached hydrogen (secondary N) is 2. The molecule has 2 heterocycles. The van der Waals surface area contributed by atoms with E-state index >= 15 is 0 Å². The Morgan fingerprint density at radius 3 is 2.70 bits per heavy atom. The standard InChI is InChI=1S/C16H17N3S/c1-11-6-12(2)8-14(7-11)17-9-13-10-18-19-16(13)15-4-3-5-20-15/h3-8,10,17H,9H2,1-2H3,(H,18,19). The Balaban J connectivity index is 1.78. The zero-order valence-electron chi connectivity index (χ0n) is 11.6. The van der Waals surface area contributed by atoms with E-state index in [4.69, 9.17) is 0 Å². The first-order chi connectivity index (χ1) is 9.72. The molecule has 102 valence electrons. The topological polar surface area (TPSA) is 40.7 Å². The summed E-state index contributed by atoms with van der Waals surface area (Å²) in [4.78, 5) is 1.22. The van der Waals surface area contributed by atoms with E-state index in [9.17, 15) is 0 Å². The SMILES string of the molecule is Cc1cc(C)cc(NCc2cn[nH]c2-c2cccs2)c1. The van der Waals surface area contributed by atoms with E-state index in [1.807, 2.05) is 6.20 Å². The van der Waals surface area contributed by atoms with Crippen molar-refractivity contribution >= 4 is 17.0 Å². The molecule has 0 fully saturated rings. The second-order valence-electron chi connectivity index (χ2n) is 4.98. The smallest absolute Gasteiger partial charge is 0.0799 e. The Labute approximate surface area is 122 Å². The first kappa shape index (κ1) is 12.9. The van der Waals surface area contributed by atoms with E-state index < -0.39 is 0 Å². The van der Waals surface area contributed by atoms with Gasteiger partial charge in [-0.1, -0.05) is 12.1 Å². The van der Waals surface area contributed by atoms with Crippen LogP contribution in [-0.4, -0.2) is 10.2 Å². The van der Waals surface area contributed by atoms with Gasteiger partial charge >= 0.3 is 0 Å². The number of rotatable bonds is 4. The van der Waals surface area contributed by atoms with Crippen LogP contribution in [0.4, 0.5) is 5.69 Å². The van der Waals surface area contributed by atoms with Crippen molar-refractivity contribution in [3.05, 3.63) is 58.6 Å². The van der Waals surface area contributed by atoms with E-state index in [1.54, 1.807) is 11.3 Å². The molecule has 3 nitrogen and oxygen atoms in total. The van der Waals surface area contributed by atoms with Gasteiger partial charge in [-0.25, -0.2) is 0 Å². The van der Waals surface area contributed by atoms with Gasteiger partial charge in [0.1, 0.15) is 0 Å². The summed E-state index contributed by atoms with van der Waals surface area (Å²) in [5.41, 5.74) is 6.00. The van der Waals surface area contributed by atoms with E-state index in [2.05, 4.69) is 65.1 Å². The number of aromatic nitrogens is 2. The van der Waals surface area contributed by atoms with Crippen molar-refractivity contribution in [3.8, 4) is 10.6 Å². The molecule has 0 spiro atoms. The van der Waals surface area contributed by atoms with Gasteiger partial charge in [0.05, 0.1) is 16.8 Å². The zero-order valence-corrected chi connectivity index (χ0v) is 12.4. The summed E-state index contributed by atoms with van der Waals surface area (Å²) in [6.07, 6.45) is 1.89. The summed E-state index contributed by atoms with van der Waals surface area (Å²) in [6, 6.07) is 10.7. The van der Waals surface area contributed by atoms with Gasteiger partial charge in [-0.2, -0.15) is 5.10 Å². The Kier molecular flexibility index (Phi) is 3.56. The number of hydrogen-bond donors (Lipinski definition) is 2. The third-order valence-corrected chi connectivity index (χ3v) is 4.08. The maximum absolute atomic E-state index is 4.17. The van der Waals surface area contributed by atoms with Gasteiger partial charge in [0.25, 0.3) is 0 Å². The van der Waals surface area contributed by atoms with Gasteiger partial charge < -0.3 is 5.32 Å². The molecule has 0 aliphatic heterocycles. The molecule has 2 aromatic heterocycles. The normalized spacial score (nSPS) is 10.7. The van der Waals surface area contributed by atoms with Crippen LogP contribution in [0.5, 0.6) is 0 Å². The van der Waals surface area contributed by atoms with E-state index in [1.165, 1.54) is 21.6 Å². The van der Waals surface area contributed by atoms with Gasteiger partial charge in [0, 0.05) is 17.8 Å². The molecule has 2 N–H and O–H groups in total. The van der Waals surface area contributed by atoms with Crippen molar-refractivity contribution in [2.24, 2.45) is 0 Å². The molecule has 0 saturated carbocycles. The van der Waals surface area contributed by atoms with Crippen molar-refractivity contribution in [3.63, 3.8) is 0 Å². The van der Waals surface area contributed by atoms with Crippen molar-refractivity contribution in [1.82, 2.24) is 10.2 Å². The van der Waals surface area contributed by atoms with Crippen molar-refractivity contribution in [2.75, 3.05) is 5.32 Å². The minimum absolute atomic E-state index is 0.770. The third-order valence-electron chi connectivity index (χ3n) is 3.19. The second kappa shape index (κ2) is 5.51. The molecular weight excluding hydrogens is 266 g/mol. The minimum Gasteiger partial charge on any atom is -0.381 e. The number of thiophene rings is 1. The van der Waals surface area contributed by atoms with Crippen LogP contribution in [-0.2, 0) is 6.54 Å². The number of aryl methyl sites for hydroxylation is 2. The minimum atomic E-state index is 0.770. The first-order valence-electron chi connectivity index (χ1n) is 6.60. The summed E-state index contributed by atoms with van der Waals surface area (Å²) < 4.78 is 0. The summed E-state index contributed by atoms with van der Waals surface area (Å²) in [5.74, 6) is 0. The number of H-pyrrole nitrogens is 1. The molecule has 0 atom stereocenters. The summed E-state index contributed by atoms with van der Waals surface area (Å²) in [7, 11) is 0. The summed E-state index contributed by atoms with van der Waals surface area (Å²) in [5, 5.41) is 12.8. The maximum Gasteiger partial charge on any atom is 0.0799 e. The second-order valence-corrected chi connectivity index (χ2v) is 5.93. The Morgan fingerprint density at radius 1 is 1.20 bits per heavy atom. The van der Waals surface area contributed by atoms with Crippen molar-refractivity contribution in [2.45, 2.75) is 20.4 Å². The van der Waals surface area contributed by atoms with E-state index in [-0.39, 0.29) is 0 Å². The lowest BCUT2D eigenvalue weighted by Crippen LogP contribution is -2.00. The lowest BCUT2D eigenvalue weighted by molar-refractivity contribution is 1.10. The third kappa shape index (κ3) is 2.75. The highest BCUT2D eigenvalue weighted by molar-refractivity contribution is 7.13. The molecule has 1 aromatic carbocycles. The van der Waals surface area contributed by atoms with Gasteiger partial charge in [-0.05, 0) is 48.6 Å². The average molecular weight is 283 g/mol. The van der Waals surface area contributed by atoms with Gasteiger partial charge in [-0.15, -0.1) is 11.3 Å². The van der Waals surface area contributed by atoms with Crippen LogP contribution in [0, 0.1) is 13.8 Å². The van der Waals surface area contributed by atoms with E-state index in [0.717, 1.165) is 17.9 Å². The number of aromatic amines is 1. The fourth-order valence-electron chi connectivity index (χ4n) is 2.35.